The molecular weight excluding hydrogens is 416 g/mol. The lowest BCUT2D eigenvalue weighted by molar-refractivity contribution is -0.126. The van der Waals surface area contributed by atoms with Crippen molar-refractivity contribution < 1.29 is 19.2 Å². The Morgan fingerprint density at radius 3 is 2.16 bits per heavy atom. The zero-order valence-electron chi connectivity index (χ0n) is 16.6. The van der Waals surface area contributed by atoms with Crippen LogP contribution in [0, 0.1) is 5.92 Å². The molecule has 3 aromatic carbocycles. The third-order valence-electron chi connectivity index (χ3n) is 5.67. The van der Waals surface area contributed by atoms with E-state index in [0.29, 0.717) is 16.5 Å². The second-order valence-corrected chi connectivity index (χ2v) is 7.86. The van der Waals surface area contributed by atoms with Crippen LogP contribution in [0.5, 0.6) is 5.75 Å². The molecule has 2 heterocycles. The van der Waals surface area contributed by atoms with Crippen LogP contribution in [0.3, 0.4) is 0 Å². The number of benzene rings is 3. The van der Waals surface area contributed by atoms with E-state index in [1.54, 1.807) is 48.6 Å². The Hall–Kier alpha value is -3.35. The summed E-state index contributed by atoms with van der Waals surface area (Å²) in [4.78, 5) is 34.1. The number of methoxy groups -OCH3 is 1. The van der Waals surface area contributed by atoms with Crippen LogP contribution in [0.15, 0.2) is 78.9 Å². The van der Waals surface area contributed by atoms with E-state index in [-0.39, 0.29) is 11.8 Å². The van der Waals surface area contributed by atoms with Crippen molar-refractivity contribution in [3.8, 4) is 5.75 Å². The van der Waals surface area contributed by atoms with Crippen LogP contribution < -0.4 is 14.7 Å². The van der Waals surface area contributed by atoms with Gasteiger partial charge in [0.15, 0.2) is 6.10 Å². The van der Waals surface area contributed by atoms with Gasteiger partial charge in [-0.2, -0.15) is 0 Å². The van der Waals surface area contributed by atoms with Gasteiger partial charge in [0, 0.05) is 5.02 Å². The molecule has 3 atom stereocenters. The Morgan fingerprint density at radius 2 is 1.52 bits per heavy atom. The predicted octanol–water partition coefficient (Wildman–Crippen LogP) is 4.40. The van der Waals surface area contributed by atoms with Crippen molar-refractivity contribution >= 4 is 34.8 Å². The van der Waals surface area contributed by atoms with Crippen LogP contribution in [0.1, 0.15) is 11.6 Å². The van der Waals surface area contributed by atoms with Crippen molar-refractivity contribution in [3.05, 3.63) is 89.4 Å². The summed E-state index contributed by atoms with van der Waals surface area (Å²) in [6.07, 6.45) is -0.907. The van der Waals surface area contributed by atoms with Gasteiger partial charge in [-0.05, 0) is 54.1 Å². The van der Waals surface area contributed by atoms with E-state index in [1.807, 2.05) is 42.5 Å². The van der Waals surface area contributed by atoms with Crippen molar-refractivity contribution in [2.75, 3.05) is 17.1 Å². The number of hydrogen-bond donors (Lipinski definition) is 0. The van der Waals surface area contributed by atoms with Gasteiger partial charge in [0.25, 0.3) is 5.91 Å². The van der Waals surface area contributed by atoms with Gasteiger partial charge in [-0.1, -0.05) is 41.9 Å². The second kappa shape index (κ2) is 7.72. The lowest BCUT2D eigenvalue weighted by Gasteiger charge is -2.28. The molecule has 31 heavy (non-hydrogen) atoms. The quantitative estimate of drug-likeness (QED) is 0.570. The van der Waals surface area contributed by atoms with Crippen molar-refractivity contribution in [2.45, 2.75) is 12.1 Å². The number of para-hydroxylation sites is 1. The number of halogens is 1. The monoisotopic (exact) mass is 434 g/mol. The lowest BCUT2D eigenvalue weighted by Crippen LogP contribution is -2.37. The number of imide groups is 1. The fourth-order valence-corrected chi connectivity index (χ4v) is 4.32. The second-order valence-electron chi connectivity index (χ2n) is 7.42. The van der Waals surface area contributed by atoms with E-state index in [0.717, 1.165) is 11.3 Å². The fourth-order valence-electron chi connectivity index (χ4n) is 4.20. The number of fused-ring (bicyclic) bond motifs is 1. The smallest absolute Gasteiger partial charge is 0.266 e. The van der Waals surface area contributed by atoms with Gasteiger partial charge < -0.3 is 4.74 Å². The lowest BCUT2D eigenvalue weighted by atomic mass is 9.90. The zero-order chi connectivity index (χ0) is 21.5. The van der Waals surface area contributed by atoms with Crippen LogP contribution in [0.4, 0.5) is 11.4 Å². The topological polar surface area (TPSA) is 59.1 Å². The van der Waals surface area contributed by atoms with Crippen LogP contribution in [-0.4, -0.2) is 25.0 Å². The third kappa shape index (κ3) is 3.24. The molecule has 156 valence electrons. The van der Waals surface area contributed by atoms with Gasteiger partial charge >= 0.3 is 0 Å². The molecule has 2 saturated heterocycles. The molecule has 0 radical (unpaired) electrons. The maximum absolute atomic E-state index is 13.5. The molecule has 7 heteroatoms. The molecule has 0 spiro atoms. The number of hydrogen-bond acceptors (Lipinski definition) is 5. The van der Waals surface area contributed by atoms with Crippen LogP contribution in [-0.2, 0) is 14.4 Å². The minimum atomic E-state index is -0.907. The number of rotatable bonds is 4. The Morgan fingerprint density at radius 1 is 0.839 bits per heavy atom. The molecule has 0 N–H and O–H groups in total. The first-order valence-corrected chi connectivity index (χ1v) is 10.2. The van der Waals surface area contributed by atoms with Crippen molar-refractivity contribution in [1.29, 1.82) is 0 Å². The molecule has 0 saturated carbocycles. The van der Waals surface area contributed by atoms with Crippen molar-refractivity contribution in [1.82, 2.24) is 0 Å². The van der Waals surface area contributed by atoms with Crippen LogP contribution >= 0.6 is 11.6 Å². The Labute approximate surface area is 184 Å². The predicted molar refractivity (Wildman–Crippen MR) is 117 cm³/mol. The largest absolute Gasteiger partial charge is 0.497 e. The average molecular weight is 435 g/mol. The maximum atomic E-state index is 13.5. The SMILES string of the molecule is COc1ccc(N2C(=O)C3ON(c4ccccc4)C(c4ccc(Cl)cc4)C3C2=O)cc1. The van der Waals surface area contributed by atoms with E-state index in [4.69, 9.17) is 21.2 Å². The number of carbonyl (C=O) groups excluding carboxylic acids is 2. The summed E-state index contributed by atoms with van der Waals surface area (Å²) in [6.45, 7) is 0. The van der Waals surface area contributed by atoms with Crippen LogP contribution in [0.2, 0.25) is 5.02 Å². The van der Waals surface area contributed by atoms with Gasteiger partial charge in [0.2, 0.25) is 5.91 Å². The van der Waals surface area contributed by atoms with E-state index >= 15 is 0 Å². The molecule has 0 bridgehead atoms. The summed E-state index contributed by atoms with van der Waals surface area (Å²) in [5.74, 6) is -0.708. The molecule has 6 nitrogen and oxygen atoms in total. The van der Waals surface area contributed by atoms with Gasteiger partial charge in [0.05, 0.1) is 24.5 Å². The normalized spacial score (nSPS) is 22.7. The van der Waals surface area contributed by atoms with Crippen molar-refractivity contribution in [3.63, 3.8) is 0 Å². The van der Waals surface area contributed by atoms with E-state index in [2.05, 4.69) is 0 Å². The highest BCUT2D eigenvalue weighted by atomic mass is 35.5. The standard InChI is InChI=1S/C24H19ClN2O4/c1-30-19-13-11-17(12-14-19)26-23(28)20-21(15-7-9-16(25)10-8-15)27(31-22(20)24(26)29)18-5-3-2-4-6-18/h2-14,20-22H,1H3. The number of amides is 2. The number of ether oxygens (including phenoxy) is 1. The van der Waals surface area contributed by atoms with Gasteiger partial charge in [-0.3, -0.25) is 14.4 Å². The number of nitrogens with zero attached hydrogens (tertiary/aromatic N) is 2. The summed E-state index contributed by atoms with van der Waals surface area (Å²) < 4.78 is 5.18. The summed E-state index contributed by atoms with van der Waals surface area (Å²) in [6, 6.07) is 23.1. The molecule has 2 aliphatic heterocycles. The summed E-state index contributed by atoms with van der Waals surface area (Å²) in [5.41, 5.74) is 2.11. The van der Waals surface area contributed by atoms with Gasteiger partial charge in [0.1, 0.15) is 11.7 Å². The van der Waals surface area contributed by atoms with Gasteiger partial charge in [-0.15, -0.1) is 0 Å². The average Bonchev–Trinajstić information content (AvgIpc) is 3.31. The minimum Gasteiger partial charge on any atom is -0.497 e. The summed E-state index contributed by atoms with van der Waals surface area (Å²) >= 11 is 6.08. The van der Waals surface area contributed by atoms with E-state index in [1.165, 1.54) is 4.90 Å². The number of hydroxylamine groups is 1. The molecule has 2 amide bonds. The molecule has 5 rings (SSSR count). The van der Waals surface area contributed by atoms with Crippen LogP contribution in [0.25, 0.3) is 0 Å². The van der Waals surface area contributed by atoms with Gasteiger partial charge in [-0.25, -0.2) is 9.96 Å². The first-order valence-electron chi connectivity index (χ1n) is 9.87. The molecular formula is C24H19ClN2O4. The molecule has 2 aliphatic rings. The highest BCUT2D eigenvalue weighted by molar-refractivity contribution is 6.30. The zero-order valence-corrected chi connectivity index (χ0v) is 17.4. The highest BCUT2D eigenvalue weighted by Crippen LogP contribution is 2.47. The van der Waals surface area contributed by atoms with E-state index < -0.39 is 18.1 Å². The Balaban J connectivity index is 1.56. The fraction of sp³-hybridized carbons (Fsp3) is 0.167. The third-order valence-corrected chi connectivity index (χ3v) is 5.92. The number of carbonyl (C=O) groups is 2. The van der Waals surface area contributed by atoms with E-state index in [9.17, 15) is 9.59 Å². The summed E-state index contributed by atoms with van der Waals surface area (Å²) in [5, 5.41) is 2.26. The Kier molecular flexibility index (Phi) is 4.88. The maximum Gasteiger partial charge on any atom is 0.266 e. The Bertz CT molecular complexity index is 1120. The molecule has 3 aromatic rings. The molecule has 0 aromatic heterocycles. The minimum absolute atomic E-state index is 0.293. The van der Waals surface area contributed by atoms with Crippen molar-refractivity contribution in [2.24, 2.45) is 5.92 Å². The molecule has 2 fully saturated rings. The first kappa shape index (κ1) is 19.6. The molecule has 0 aliphatic carbocycles. The number of anilines is 2. The highest BCUT2D eigenvalue weighted by Gasteiger charge is 2.60. The molecule has 3 unspecified atom stereocenters. The summed E-state index contributed by atoms with van der Waals surface area (Å²) in [7, 11) is 1.56. The first-order chi connectivity index (χ1) is 15.1.